The van der Waals surface area contributed by atoms with Gasteiger partial charge in [0, 0.05) is 29.3 Å². The van der Waals surface area contributed by atoms with Gasteiger partial charge in [-0.3, -0.25) is 9.78 Å². The summed E-state index contributed by atoms with van der Waals surface area (Å²) >= 11 is 0. The number of rotatable bonds is 6. The lowest BCUT2D eigenvalue weighted by atomic mass is 10.1. The molecular formula is C27H26N2O4. The molecule has 1 aliphatic rings. The van der Waals surface area contributed by atoms with Crippen LogP contribution in [0.5, 0.6) is 23.0 Å². The zero-order chi connectivity index (χ0) is 22.8. The van der Waals surface area contributed by atoms with Crippen LogP contribution in [0.25, 0.3) is 21.7 Å². The van der Waals surface area contributed by atoms with E-state index in [9.17, 15) is 4.79 Å². The van der Waals surface area contributed by atoms with E-state index in [0.717, 1.165) is 53.0 Å². The maximum Gasteiger partial charge on any atom is 0.227 e. The van der Waals surface area contributed by atoms with Crippen LogP contribution in [0.4, 0.5) is 5.69 Å². The van der Waals surface area contributed by atoms with Gasteiger partial charge in [0.05, 0.1) is 19.7 Å². The average molecular weight is 443 g/mol. The quantitative estimate of drug-likeness (QED) is 0.378. The standard InChI is InChI=1S/C27H26N2O4/c1-31-25-15-22-23(16-26(25)32-2)28-12-11-24(22)33-21-10-8-18-13-20(9-7-19(18)14-21)29-27(30)17-5-3-4-6-17/h7-17H,3-6H2,1-2H3,(H,29,30). The number of benzene rings is 3. The number of pyridine rings is 1. The number of amides is 1. The van der Waals surface area contributed by atoms with Crippen LogP contribution < -0.4 is 19.5 Å². The number of nitrogens with zero attached hydrogens (tertiary/aromatic N) is 1. The van der Waals surface area contributed by atoms with E-state index in [1.165, 1.54) is 0 Å². The molecule has 6 heteroatoms. The van der Waals surface area contributed by atoms with Crippen molar-refractivity contribution in [2.45, 2.75) is 25.7 Å². The van der Waals surface area contributed by atoms with Crippen molar-refractivity contribution < 1.29 is 19.0 Å². The SMILES string of the molecule is COc1cc2nccc(Oc3ccc4cc(NC(=O)C5CCCC5)ccc4c3)c2cc1OC. The summed E-state index contributed by atoms with van der Waals surface area (Å²) in [7, 11) is 3.21. The monoisotopic (exact) mass is 442 g/mol. The third-order valence-corrected chi connectivity index (χ3v) is 6.24. The van der Waals surface area contributed by atoms with E-state index in [4.69, 9.17) is 14.2 Å². The summed E-state index contributed by atoms with van der Waals surface area (Å²) in [6, 6.07) is 17.4. The molecule has 0 radical (unpaired) electrons. The molecule has 6 nitrogen and oxygen atoms in total. The van der Waals surface area contributed by atoms with Gasteiger partial charge in [-0.1, -0.05) is 25.0 Å². The molecule has 0 aliphatic heterocycles. The van der Waals surface area contributed by atoms with Gasteiger partial charge in [-0.2, -0.15) is 0 Å². The fourth-order valence-corrected chi connectivity index (χ4v) is 4.46. The van der Waals surface area contributed by atoms with Crippen molar-refractivity contribution in [3.63, 3.8) is 0 Å². The molecule has 3 aromatic carbocycles. The Bertz CT molecular complexity index is 1330. The predicted molar refractivity (Wildman–Crippen MR) is 129 cm³/mol. The second kappa shape index (κ2) is 8.98. The molecule has 0 atom stereocenters. The highest BCUT2D eigenvalue weighted by Crippen LogP contribution is 2.37. The van der Waals surface area contributed by atoms with E-state index in [-0.39, 0.29) is 11.8 Å². The van der Waals surface area contributed by atoms with Gasteiger partial charge in [0.1, 0.15) is 11.5 Å². The lowest BCUT2D eigenvalue weighted by Gasteiger charge is -2.13. The van der Waals surface area contributed by atoms with Crippen LogP contribution in [-0.2, 0) is 4.79 Å². The van der Waals surface area contributed by atoms with Gasteiger partial charge in [0.2, 0.25) is 5.91 Å². The Kier molecular flexibility index (Phi) is 5.73. The van der Waals surface area contributed by atoms with E-state index >= 15 is 0 Å². The molecule has 168 valence electrons. The van der Waals surface area contributed by atoms with Gasteiger partial charge in [-0.15, -0.1) is 0 Å². The molecule has 5 rings (SSSR count). The number of hydrogen-bond acceptors (Lipinski definition) is 5. The van der Waals surface area contributed by atoms with Gasteiger partial charge in [-0.25, -0.2) is 0 Å². The van der Waals surface area contributed by atoms with E-state index in [1.54, 1.807) is 20.4 Å². The summed E-state index contributed by atoms with van der Waals surface area (Å²) in [5.41, 5.74) is 1.59. The predicted octanol–water partition coefficient (Wildman–Crippen LogP) is 6.33. The summed E-state index contributed by atoms with van der Waals surface area (Å²) in [5, 5.41) is 5.98. The topological polar surface area (TPSA) is 69.7 Å². The molecule has 1 aliphatic carbocycles. The third-order valence-electron chi connectivity index (χ3n) is 6.24. The first-order valence-electron chi connectivity index (χ1n) is 11.2. The van der Waals surface area contributed by atoms with Crippen molar-refractivity contribution in [2.24, 2.45) is 5.92 Å². The molecule has 0 unspecified atom stereocenters. The molecule has 1 amide bonds. The molecule has 0 bridgehead atoms. The Morgan fingerprint density at radius 3 is 2.39 bits per heavy atom. The van der Waals surface area contributed by atoms with Crippen LogP contribution in [0.1, 0.15) is 25.7 Å². The minimum atomic E-state index is 0.128. The number of aromatic nitrogens is 1. The Labute approximate surface area is 192 Å². The van der Waals surface area contributed by atoms with Crippen LogP contribution in [0.15, 0.2) is 60.8 Å². The summed E-state index contributed by atoms with van der Waals surface area (Å²) in [4.78, 5) is 16.9. The van der Waals surface area contributed by atoms with Gasteiger partial charge >= 0.3 is 0 Å². The Morgan fingerprint density at radius 2 is 1.61 bits per heavy atom. The number of ether oxygens (including phenoxy) is 3. The smallest absolute Gasteiger partial charge is 0.227 e. The number of anilines is 1. The Hall–Kier alpha value is -3.80. The number of carbonyl (C=O) groups excluding carboxylic acids is 1. The highest BCUT2D eigenvalue weighted by molar-refractivity contribution is 5.96. The number of nitrogens with one attached hydrogen (secondary N) is 1. The van der Waals surface area contributed by atoms with Crippen molar-refractivity contribution in [1.29, 1.82) is 0 Å². The molecule has 1 aromatic heterocycles. The Morgan fingerprint density at radius 1 is 0.879 bits per heavy atom. The highest BCUT2D eigenvalue weighted by Gasteiger charge is 2.22. The first-order chi connectivity index (χ1) is 16.1. The largest absolute Gasteiger partial charge is 0.493 e. The molecule has 4 aromatic rings. The van der Waals surface area contributed by atoms with Crippen molar-refractivity contribution in [3.05, 3.63) is 60.8 Å². The summed E-state index contributed by atoms with van der Waals surface area (Å²) in [6.45, 7) is 0. The van der Waals surface area contributed by atoms with Gasteiger partial charge in [-0.05, 0) is 60.0 Å². The van der Waals surface area contributed by atoms with Crippen molar-refractivity contribution in [1.82, 2.24) is 4.98 Å². The maximum absolute atomic E-state index is 12.4. The number of carbonyl (C=O) groups is 1. The molecule has 1 heterocycles. The van der Waals surface area contributed by atoms with E-state index < -0.39 is 0 Å². The van der Waals surface area contributed by atoms with E-state index in [0.29, 0.717) is 23.0 Å². The maximum atomic E-state index is 12.4. The van der Waals surface area contributed by atoms with Crippen LogP contribution in [-0.4, -0.2) is 25.1 Å². The number of fused-ring (bicyclic) bond motifs is 2. The average Bonchev–Trinajstić information content (AvgIpc) is 3.39. The molecule has 1 saturated carbocycles. The molecule has 0 saturated heterocycles. The normalized spacial score (nSPS) is 13.9. The lowest BCUT2D eigenvalue weighted by Crippen LogP contribution is -2.20. The minimum Gasteiger partial charge on any atom is -0.493 e. The fourth-order valence-electron chi connectivity index (χ4n) is 4.46. The van der Waals surface area contributed by atoms with Crippen LogP contribution in [0, 0.1) is 5.92 Å². The van der Waals surface area contributed by atoms with Gasteiger partial charge in [0.15, 0.2) is 11.5 Å². The molecule has 1 fully saturated rings. The van der Waals surface area contributed by atoms with Crippen LogP contribution in [0.3, 0.4) is 0 Å². The molecule has 33 heavy (non-hydrogen) atoms. The van der Waals surface area contributed by atoms with E-state index in [1.807, 2.05) is 54.6 Å². The van der Waals surface area contributed by atoms with E-state index in [2.05, 4.69) is 10.3 Å². The van der Waals surface area contributed by atoms with Crippen LogP contribution >= 0.6 is 0 Å². The number of methoxy groups -OCH3 is 2. The summed E-state index contributed by atoms with van der Waals surface area (Å²) < 4.78 is 17.0. The highest BCUT2D eigenvalue weighted by atomic mass is 16.5. The van der Waals surface area contributed by atoms with Crippen molar-refractivity contribution in [2.75, 3.05) is 19.5 Å². The molecule has 0 spiro atoms. The van der Waals surface area contributed by atoms with Crippen molar-refractivity contribution in [3.8, 4) is 23.0 Å². The summed E-state index contributed by atoms with van der Waals surface area (Å²) in [5.74, 6) is 2.91. The second-order valence-corrected chi connectivity index (χ2v) is 8.33. The lowest BCUT2D eigenvalue weighted by molar-refractivity contribution is -0.119. The van der Waals surface area contributed by atoms with Gasteiger partial charge in [0.25, 0.3) is 0 Å². The third kappa shape index (κ3) is 4.29. The van der Waals surface area contributed by atoms with Crippen LogP contribution in [0.2, 0.25) is 0 Å². The molecule has 1 N–H and O–H groups in total. The fraction of sp³-hybridized carbons (Fsp3) is 0.259. The van der Waals surface area contributed by atoms with Crippen molar-refractivity contribution >= 4 is 33.3 Å². The minimum absolute atomic E-state index is 0.128. The number of hydrogen-bond donors (Lipinski definition) is 1. The zero-order valence-corrected chi connectivity index (χ0v) is 18.8. The first kappa shape index (κ1) is 21.1. The summed E-state index contributed by atoms with van der Waals surface area (Å²) in [6.07, 6.45) is 5.98. The second-order valence-electron chi connectivity index (χ2n) is 8.33. The first-order valence-corrected chi connectivity index (χ1v) is 11.2. The zero-order valence-electron chi connectivity index (χ0n) is 18.8. The molecular weight excluding hydrogens is 416 g/mol. The Balaban J connectivity index is 1.40. The van der Waals surface area contributed by atoms with Gasteiger partial charge < -0.3 is 19.5 Å².